The van der Waals surface area contributed by atoms with E-state index in [1.54, 1.807) is 6.08 Å². The highest BCUT2D eigenvalue weighted by molar-refractivity contribution is 5.82. The quantitative estimate of drug-likeness (QED) is 0.374. The maximum absolute atomic E-state index is 11.9. The molecule has 2 atom stereocenters. The van der Waals surface area contributed by atoms with E-state index in [2.05, 4.69) is 6.92 Å². The van der Waals surface area contributed by atoms with Crippen molar-refractivity contribution in [3.05, 3.63) is 12.2 Å². The number of rotatable bonds is 14. The van der Waals surface area contributed by atoms with Crippen LogP contribution in [-0.4, -0.2) is 29.1 Å². The van der Waals surface area contributed by atoms with Gasteiger partial charge in [0.25, 0.3) is 0 Å². The SMILES string of the molecule is CCCCCCCCCCCC(=O)C[C@@H](O)C[C@@H]1CC=CC(=O)O1. The second kappa shape index (κ2) is 13.2. The first-order chi connectivity index (χ1) is 11.6. The fourth-order valence-corrected chi connectivity index (χ4v) is 3.10. The number of hydrogen-bond donors (Lipinski definition) is 1. The number of ether oxygens (including phenoxy) is 1. The lowest BCUT2D eigenvalue weighted by Gasteiger charge is -2.21. The summed E-state index contributed by atoms with van der Waals surface area (Å²) in [4.78, 5) is 23.0. The van der Waals surface area contributed by atoms with E-state index in [0.717, 1.165) is 12.8 Å². The topological polar surface area (TPSA) is 63.6 Å². The molecule has 0 saturated carbocycles. The maximum atomic E-state index is 11.9. The fourth-order valence-electron chi connectivity index (χ4n) is 3.10. The molecule has 4 heteroatoms. The van der Waals surface area contributed by atoms with Gasteiger partial charge in [0.15, 0.2) is 0 Å². The Morgan fingerprint density at radius 1 is 1.17 bits per heavy atom. The summed E-state index contributed by atoms with van der Waals surface area (Å²) in [6.45, 7) is 2.23. The van der Waals surface area contributed by atoms with Crippen molar-refractivity contribution in [1.29, 1.82) is 0 Å². The summed E-state index contributed by atoms with van der Waals surface area (Å²) < 4.78 is 5.10. The molecule has 0 aromatic heterocycles. The Bertz CT molecular complexity index is 389. The van der Waals surface area contributed by atoms with Gasteiger partial charge in [0, 0.05) is 31.8 Å². The van der Waals surface area contributed by atoms with E-state index in [1.165, 1.54) is 51.0 Å². The Hall–Kier alpha value is -1.16. The molecule has 0 spiro atoms. The molecular weight excluding hydrogens is 304 g/mol. The number of Topliss-reactive ketones (excluding diaryl/α,β-unsaturated/α-hetero) is 1. The zero-order valence-electron chi connectivity index (χ0n) is 15.2. The minimum Gasteiger partial charge on any atom is -0.459 e. The summed E-state index contributed by atoms with van der Waals surface area (Å²) in [5.74, 6) is -0.248. The number of unbranched alkanes of at least 4 members (excludes halogenated alkanes) is 8. The molecule has 4 nitrogen and oxygen atoms in total. The largest absolute Gasteiger partial charge is 0.459 e. The van der Waals surface area contributed by atoms with Gasteiger partial charge in [0.05, 0.1) is 6.10 Å². The zero-order valence-corrected chi connectivity index (χ0v) is 15.2. The van der Waals surface area contributed by atoms with Crippen LogP contribution in [0.4, 0.5) is 0 Å². The molecular formula is C20H34O4. The number of aliphatic hydroxyl groups excluding tert-OH is 1. The van der Waals surface area contributed by atoms with Crippen molar-refractivity contribution in [3.63, 3.8) is 0 Å². The highest BCUT2D eigenvalue weighted by atomic mass is 16.5. The van der Waals surface area contributed by atoms with Crippen molar-refractivity contribution in [2.75, 3.05) is 0 Å². The van der Waals surface area contributed by atoms with Gasteiger partial charge >= 0.3 is 5.97 Å². The molecule has 138 valence electrons. The summed E-state index contributed by atoms with van der Waals surface area (Å²) in [6, 6.07) is 0. The van der Waals surface area contributed by atoms with Gasteiger partial charge in [-0.1, -0.05) is 64.4 Å². The second-order valence-electron chi connectivity index (χ2n) is 6.91. The number of cyclic esters (lactones) is 1. The Morgan fingerprint density at radius 2 is 1.79 bits per heavy atom. The highest BCUT2D eigenvalue weighted by Crippen LogP contribution is 2.16. The lowest BCUT2D eigenvalue weighted by molar-refractivity contribution is -0.145. The van der Waals surface area contributed by atoms with Crippen molar-refractivity contribution >= 4 is 11.8 Å². The highest BCUT2D eigenvalue weighted by Gasteiger charge is 2.21. The van der Waals surface area contributed by atoms with E-state index in [9.17, 15) is 14.7 Å². The Morgan fingerprint density at radius 3 is 2.42 bits per heavy atom. The monoisotopic (exact) mass is 338 g/mol. The summed E-state index contributed by atoms with van der Waals surface area (Å²) in [6.07, 6.45) is 14.9. The molecule has 0 fully saturated rings. The predicted octanol–water partition coefficient (Wildman–Crippen LogP) is 4.49. The van der Waals surface area contributed by atoms with E-state index in [-0.39, 0.29) is 24.3 Å². The Labute approximate surface area is 146 Å². The van der Waals surface area contributed by atoms with Crippen LogP contribution in [0.3, 0.4) is 0 Å². The third-order valence-electron chi connectivity index (χ3n) is 4.49. The van der Waals surface area contributed by atoms with E-state index in [1.807, 2.05) is 0 Å². The van der Waals surface area contributed by atoms with E-state index in [0.29, 0.717) is 19.3 Å². The van der Waals surface area contributed by atoms with Gasteiger partial charge in [0.2, 0.25) is 0 Å². The molecule has 0 aromatic rings. The molecule has 0 radical (unpaired) electrons. The number of hydrogen-bond acceptors (Lipinski definition) is 4. The number of aliphatic hydroxyl groups is 1. The summed E-state index contributed by atoms with van der Waals surface area (Å²) in [5, 5.41) is 9.97. The van der Waals surface area contributed by atoms with Crippen LogP contribution in [0.15, 0.2) is 12.2 Å². The van der Waals surface area contributed by atoms with Crippen LogP contribution >= 0.6 is 0 Å². The van der Waals surface area contributed by atoms with Gasteiger partial charge in [-0.15, -0.1) is 0 Å². The molecule has 0 saturated heterocycles. The van der Waals surface area contributed by atoms with Crippen LogP contribution in [0.2, 0.25) is 0 Å². The summed E-state index contributed by atoms with van der Waals surface area (Å²) in [7, 11) is 0. The number of carbonyl (C=O) groups is 2. The van der Waals surface area contributed by atoms with Crippen LogP contribution in [0.25, 0.3) is 0 Å². The van der Waals surface area contributed by atoms with Crippen molar-refractivity contribution < 1.29 is 19.4 Å². The first kappa shape index (κ1) is 20.9. The molecule has 0 bridgehead atoms. The van der Waals surface area contributed by atoms with Gasteiger partial charge < -0.3 is 9.84 Å². The van der Waals surface area contributed by atoms with Gasteiger partial charge in [0.1, 0.15) is 11.9 Å². The Kier molecular flexibility index (Phi) is 11.5. The van der Waals surface area contributed by atoms with E-state index in [4.69, 9.17) is 4.74 Å². The first-order valence-electron chi connectivity index (χ1n) is 9.68. The number of carbonyl (C=O) groups excluding carboxylic acids is 2. The molecule has 1 aliphatic heterocycles. The van der Waals surface area contributed by atoms with Crippen molar-refractivity contribution in [2.45, 2.75) is 103 Å². The molecule has 0 aliphatic carbocycles. The average molecular weight is 338 g/mol. The van der Waals surface area contributed by atoms with Crippen molar-refractivity contribution in [1.82, 2.24) is 0 Å². The van der Waals surface area contributed by atoms with Gasteiger partial charge in [-0.3, -0.25) is 4.79 Å². The number of ketones is 1. The van der Waals surface area contributed by atoms with Crippen LogP contribution < -0.4 is 0 Å². The first-order valence-corrected chi connectivity index (χ1v) is 9.68. The molecule has 1 N–H and O–H groups in total. The third-order valence-corrected chi connectivity index (χ3v) is 4.49. The third kappa shape index (κ3) is 10.6. The predicted molar refractivity (Wildman–Crippen MR) is 95.7 cm³/mol. The molecule has 24 heavy (non-hydrogen) atoms. The maximum Gasteiger partial charge on any atom is 0.330 e. The summed E-state index contributed by atoms with van der Waals surface area (Å²) in [5.41, 5.74) is 0. The summed E-state index contributed by atoms with van der Waals surface area (Å²) >= 11 is 0. The van der Waals surface area contributed by atoms with E-state index < -0.39 is 6.10 Å². The molecule has 1 heterocycles. The van der Waals surface area contributed by atoms with Gasteiger partial charge in [-0.05, 0) is 6.42 Å². The normalized spacial score (nSPS) is 18.4. The Balaban J connectivity index is 1.97. The molecule has 1 aliphatic rings. The molecule has 1 rings (SSSR count). The zero-order chi connectivity index (χ0) is 17.6. The van der Waals surface area contributed by atoms with Gasteiger partial charge in [-0.25, -0.2) is 4.79 Å². The lowest BCUT2D eigenvalue weighted by Crippen LogP contribution is -2.26. The van der Waals surface area contributed by atoms with Gasteiger partial charge in [-0.2, -0.15) is 0 Å². The van der Waals surface area contributed by atoms with Crippen molar-refractivity contribution in [3.8, 4) is 0 Å². The van der Waals surface area contributed by atoms with Crippen LogP contribution in [0, 0.1) is 0 Å². The van der Waals surface area contributed by atoms with Crippen LogP contribution in [0.1, 0.15) is 90.4 Å². The average Bonchev–Trinajstić information content (AvgIpc) is 2.53. The second-order valence-corrected chi connectivity index (χ2v) is 6.91. The molecule has 0 aromatic carbocycles. The standard InChI is InChI=1S/C20H34O4/c1-2-3-4-5-6-7-8-9-10-12-17(21)15-18(22)16-19-13-11-14-20(23)24-19/h11,14,18-19,22H,2-10,12-13,15-16H2,1H3/t18-,19+/m1/s1. The lowest BCUT2D eigenvalue weighted by atomic mass is 10.00. The minimum absolute atomic E-state index is 0.114. The van der Waals surface area contributed by atoms with Crippen LogP contribution in [0.5, 0.6) is 0 Å². The smallest absolute Gasteiger partial charge is 0.330 e. The minimum atomic E-state index is -0.708. The van der Waals surface area contributed by atoms with Crippen molar-refractivity contribution in [2.24, 2.45) is 0 Å². The molecule has 0 amide bonds. The number of esters is 1. The fraction of sp³-hybridized carbons (Fsp3) is 0.800. The van der Waals surface area contributed by atoms with Crippen LogP contribution in [-0.2, 0) is 14.3 Å². The van der Waals surface area contributed by atoms with E-state index >= 15 is 0 Å². The molecule has 0 unspecified atom stereocenters.